The molecule has 0 bridgehead atoms. The summed E-state index contributed by atoms with van der Waals surface area (Å²) >= 11 is 0. The minimum atomic E-state index is 0.0601. The summed E-state index contributed by atoms with van der Waals surface area (Å²) in [6, 6.07) is 10.9. The molecule has 0 aliphatic carbocycles. The summed E-state index contributed by atoms with van der Waals surface area (Å²) in [5, 5.41) is 0. The van der Waals surface area contributed by atoms with E-state index in [1.54, 1.807) is 0 Å². The lowest BCUT2D eigenvalue weighted by Gasteiger charge is -2.41. The molecule has 0 spiro atoms. The van der Waals surface area contributed by atoms with Gasteiger partial charge in [-0.3, -0.25) is 0 Å². The van der Waals surface area contributed by atoms with E-state index < -0.39 is 0 Å². The van der Waals surface area contributed by atoms with Gasteiger partial charge < -0.3 is 10.5 Å². The molecule has 106 valence electrons. The number of hydrogen-bond donors (Lipinski definition) is 1. The Balaban J connectivity index is 2.15. The van der Waals surface area contributed by atoms with Gasteiger partial charge in [0, 0.05) is 6.61 Å². The molecule has 2 heteroatoms. The van der Waals surface area contributed by atoms with Crippen LogP contribution in [0.2, 0.25) is 0 Å². The summed E-state index contributed by atoms with van der Waals surface area (Å²) in [7, 11) is 0. The van der Waals surface area contributed by atoms with E-state index in [2.05, 4.69) is 44.2 Å². The van der Waals surface area contributed by atoms with Crippen LogP contribution in [0.5, 0.6) is 0 Å². The molecule has 2 nitrogen and oxygen atoms in total. The quantitative estimate of drug-likeness (QED) is 0.877. The van der Waals surface area contributed by atoms with Crippen molar-refractivity contribution in [3.8, 4) is 0 Å². The van der Waals surface area contributed by atoms with Crippen LogP contribution in [0.3, 0.4) is 0 Å². The smallest absolute Gasteiger partial charge is 0.0654 e. The van der Waals surface area contributed by atoms with Crippen LogP contribution in [-0.4, -0.2) is 18.8 Å². The third kappa shape index (κ3) is 3.58. The number of benzene rings is 1. The van der Waals surface area contributed by atoms with Gasteiger partial charge in [-0.1, -0.05) is 37.3 Å². The fourth-order valence-electron chi connectivity index (χ4n) is 3.32. The average Bonchev–Trinajstić information content (AvgIpc) is 2.46. The Hall–Kier alpha value is -0.860. The van der Waals surface area contributed by atoms with Gasteiger partial charge in [-0.2, -0.15) is 0 Å². The van der Waals surface area contributed by atoms with Crippen molar-refractivity contribution in [2.75, 3.05) is 13.2 Å². The molecule has 1 aliphatic rings. The van der Waals surface area contributed by atoms with Crippen molar-refractivity contribution < 1.29 is 4.74 Å². The summed E-state index contributed by atoms with van der Waals surface area (Å²) in [5.41, 5.74) is 7.35. The molecule has 2 rings (SSSR count). The Morgan fingerprint density at radius 3 is 2.74 bits per heavy atom. The van der Waals surface area contributed by atoms with Crippen LogP contribution in [-0.2, 0) is 4.74 Å². The van der Waals surface area contributed by atoms with Gasteiger partial charge in [0.1, 0.15) is 0 Å². The van der Waals surface area contributed by atoms with Crippen molar-refractivity contribution in [3.63, 3.8) is 0 Å². The Kier molecular flexibility index (Phi) is 5.00. The topological polar surface area (TPSA) is 35.2 Å². The summed E-state index contributed by atoms with van der Waals surface area (Å²) in [6.07, 6.45) is 4.49. The van der Waals surface area contributed by atoms with E-state index >= 15 is 0 Å². The van der Waals surface area contributed by atoms with Crippen molar-refractivity contribution in [2.45, 2.75) is 51.0 Å². The molecular formula is C17H27NO. The van der Waals surface area contributed by atoms with Gasteiger partial charge in [0.2, 0.25) is 0 Å². The largest absolute Gasteiger partial charge is 0.375 e. The van der Waals surface area contributed by atoms with Crippen molar-refractivity contribution >= 4 is 0 Å². The minimum Gasteiger partial charge on any atom is -0.375 e. The predicted octanol–water partition coefficient (Wildman–Crippen LogP) is 3.71. The highest BCUT2D eigenvalue weighted by Crippen LogP contribution is 2.40. The van der Waals surface area contributed by atoms with E-state index in [0.29, 0.717) is 11.8 Å². The lowest BCUT2D eigenvalue weighted by Crippen LogP contribution is -2.38. The van der Waals surface area contributed by atoms with E-state index in [-0.39, 0.29) is 5.60 Å². The first kappa shape index (κ1) is 14.5. The van der Waals surface area contributed by atoms with Crippen LogP contribution in [0.15, 0.2) is 30.3 Å². The Labute approximate surface area is 117 Å². The molecule has 1 heterocycles. The van der Waals surface area contributed by atoms with Crippen molar-refractivity contribution in [2.24, 2.45) is 11.7 Å². The average molecular weight is 261 g/mol. The van der Waals surface area contributed by atoms with E-state index in [9.17, 15) is 0 Å². The van der Waals surface area contributed by atoms with E-state index in [4.69, 9.17) is 10.5 Å². The highest BCUT2D eigenvalue weighted by atomic mass is 16.5. The molecule has 1 fully saturated rings. The first-order valence-corrected chi connectivity index (χ1v) is 7.57. The van der Waals surface area contributed by atoms with Gasteiger partial charge >= 0.3 is 0 Å². The van der Waals surface area contributed by atoms with Crippen LogP contribution >= 0.6 is 0 Å². The summed E-state index contributed by atoms with van der Waals surface area (Å²) in [4.78, 5) is 0. The third-order valence-electron chi connectivity index (χ3n) is 4.66. The standard InChI is InChI=1S/C17H27NO/c1-3-17(2)13-15(10-12-19-17)16(9-11-18)14-7-5-4-6-8-14/h4-8,15-16H,3,9-13,18H2,1-2H3/t15-,16-,17-/m0/s1. The molecule has 3 atom stereocenters. The van der Waals surface area contributed by atoms with Crippen LogP contribution in [0, 0.1) is 5.92 Å². The van der Waals surface area contributed by atoms with Gasteiger partial charge in [-0.25, -0.2) is 0 Å². The Morgan fingerprint density at radius 1 is 1.37 bits per heavy atom. The van der Waals surface area contributed by atoms with Gasteiger partial charge in [-0.05, 0) is 56.6 Å². The monoisotopic (exact) mass is 261 g/mol. The summed E-state index contributed by atoms with van der Waals surface area (Å²) in [6.45, 7) is 6.13. The molecule has 0 saturated carbocycles. The lowest BCUT2D eigenvalue weighted by atomic mass is 9.74. The van der Waals surface area contributed by atoms with Crippen LogP contribution in [0.25, 0.3) is 0 Å². The summed E-state index contributed by atoms with van der Waals surface area (Å²) in [5.74, 6) is 1.28. The van der Waals surface area contributed by atoms with Gasteiger partial charge in [0.05, 0.1) is 5.60 Å². The van der Waals surface area contributed by atoms with Gasteiger partial charge in [0.25, 0.3) is 0 Å². The highest BCUT2D eigenvalue weighted by Gasteiger charge is 2.35. The first-order valence-electron chi connectivity index (χ1n) is 7.57. The number of nitrogens with two attached hydrogens (primary N) is 1. The number of rotatable bonds is 5. The van der Waals surface area contributed by atoms with Crippen molar-refractivity contribution in [1.82, 2.24) is 0 Å². The maximum absolute atomic E-state index is 5.98. The highest BCUT2D eigenvalue weighted by molar-refractivity contribution is 5.20. The molecule has 0 amide bonds. The lowest BCUT2D eigenvalue weighted by molar-refractivity contribution is -0.0914. The fourth-order valence-corrected chi connectivity index (χ4v) is 3.32. The molecule has 0 radical (unpaired) electrons. The van der Waals surface area contributed by atoms with Gasteiger partial charge in [-0.15, -0.1) is 0 Å². The molecule has 19 heavy (non-hydrogen) atoms. The molecular weight excluding hydrogens is 234 g/mol. The van der Waals surface area contributed by atoms with E-state index in [0.717, 1.165) is 38.8 Å². The molecule has 0 aromatic heterocycles. The van der Waals surface area contributed by atoms with Crippen LogP contribution < -0.4 is 5.73 Å². The Morgan fingerprint density at radius 2 is 2.11 bits per heavy atom. The second-order valence-corrected chi connectivity index (χ2v) is 6.00. The zero-order valence-corrected chi connectivity index (χ0v) is 12.3. The second kappa shape index (κ2) is 6.53. The van der Waals surface area contributed by atoms with Crippen molar-refractivity contribution in [1.29, 1.82) is 0 Å². The third-order valence-corrected chi connectivity index (χ3v) is 4.66. The second-order valence-electron chi connectivity index (χ2n) is 6.00. The van der Waals surface area contributed by atoms with Crippen LogP contribution in [0.4, 0.5) is 0 Å². The molecule has 1 aliphatic heterocycles. The van der Waals surface area contributed by atoms with E-state index in [1.807, 2.05) is 0 Å². The SMILES string of the molecule is CC[C@@]1(C)C[C@@H]([C@@H](CCN)c2ccccc2)CCO1. The maximum Gasteiger partial charge on any atom is 0.0654 e. The first-order chi connectivity index (χ1) is 9.18. The summed E-state index contributed by atoms with van der Waals surface area (Å²) < 4.78 is 5.98. The number of hydrogen-bond acceptors (Lipinski definition) is 2. The van der Waals surface area contributed by atoms with E-state index in [1.165, 1.54) is 5.56 Å². The normalized spacial score (nSPS) is 29.1. The molecule has 1 aromatic carbocycles. The van der Waals surface area contributed by atoms with Crippen molar-refractivity contribution in [3.05, 3.63) is 35.9 Å². The van der Waals surface area contributed by atoms with Gasteiger partial charge in [0.15, 0.2) is 0 Å². The molecule has 2 N–H and O–H groups in total. The maximum atomic E-state index is 5.98. The predicted molar refractivity (Wildman–Crippen MR) is 80.2 cm³/mol. The zero-order valence-electron chi connectivity index (χ0n) is 12.3. The molecule has 0 unspecified atom stereocenters. The minimum absolute atomic E-state index is 0.0601. The molecule has 1 aromatic rings. The fraction of sp³-hybridized carbons (Fsp3) is 0.647. The zero-order chi connectivity index (χ0) is 13.7. The Bertz CT molecular complexity index is 378. The number of ether oxygens (including phenoxy) is 1. The van der Waals surface area contributed by atoms with Crippen LogP contribution in [0.1, 0.15) is 51.0 Å². The molecule has 1 saturated heterocycles.